The minimum atomic E-state index is -0.276. The lowest BCUT2D eigenvalue weighted by Crippen LogP contribution is -2.21. The van der Waals surface area contributed by atoms with Gasteiger partial charge in [-0.25, -0.2) is 4.79 Å². The maximum atomic E-state index is 11.4. The largest absolute Gasteiger partial charge is 0.447 e. The minimum Gasteiger partial charge on any atom is -0.447 e. The van der Waals surface area contributed by atoms with Gasteiger partial charge in [-0.3, -0.25) is 4.90 Å². The predicted molar refractivity (Wildman–Crippen MR) is 57.2 cm³/mol. The van der Waals surface area contributed by atoms with Gasteiger partial charge in [0, 0.05) is 6.20 Å². The molecule has 0 aromatic heterocycles. The molecular formula is C12H13NO2. The van der Waals surface area contributed by atoms with Gasteiger partial charge >= 0.3 is 6.09 Å². The molecule has 0 aliphatic carbocycles. The third-order valence-corrected chi connectivity index (χ3v) is 2.41. The zero-order chi connectivity index (χ0) is 10.7. The van der Waals surface area contributed by atoms with Crippen LogP contribution in [0.25, 0.3) is 0 Å². The van der Waals surface area contributed by atoms with E-state index in [1.54, 1.807) is 11.1 Å². The highest BCUT2D eigenvalue weighted by molar-refractivity contribution is 5.71. The van der Waals surface area contributed by atoms with Crippen molar-refractivity contribution in [2.75, 3.05) is 6.61 Å². The summed E-state index contributed by atoms with van der Waals surface area (Å²) < 4.78 is 5.02. The van der Waals surface area contributed by atoms with Crippen LogP contribution < -0.4 is 0 Å². The molecule has 1 aliphatic rings. The van der Waals surface area contributed by atoms with E-state index in [2.05, 4.69) is 0 Å². The number of benzene rings is 1. The highest BCUT2D eigenvalue weighted by Gasteiger charge is 2.31. The topological polar surface area (TPSA) is 29.5 Å². The SMILES string of the molecule is C/C=C/N1C(=O)OC[C@H]1c1ccccc1. The van der Waals surface area contributed by atoms with Crippen LogP contribution in [0.15, 0.2) is 42.6 Å². The first kappa shape index (κ1) is 9.77. The molecule has 0 saturated carbocycles. The van der Waals surface area contributed by atoms with Crippen molar-refractivity contribution in [2.24, 2.45) is 0 Å². The van der Waals surface area contributed by atoms with Crippen molar-refractivity contribution in [1.82, 2.24) is 4.90 Å². The van der Waals surface area contributed by atoms with E-state index in [9.17, 15) is 4.79 Å². The van der Waals surface area contributed by atoms with E-state index in [0.29, 0.717) is 6.61 Å². The fourth-order valence-electron chi connectivity index (χ4n) is 1.69. The summed E-state index contributed by atoms with van der Waals surface area (Å²) in [7, 11) is 0. The molecular weight excluding hydrogens is 190 g/mol. The summed E-state index contributed by atoms with van der Waals surface area (Å²) in [6.07, 6.45) is 3.32. The average Bonchev–Trinajstić information content (AvgIpc) is 2.63. The van der Waals surface area contributed by atoms with Crippen LogP contribution in [-0.2, 0) is 4.74 Å². The summed E-state index contributed by atoms with van der Waals surface area (Å²) in [4.78, 5) is 13.0. The van der Waals surface area contributed by atoms with Gasteiger partial charge in [0.2, 0.25) is 0 Å². The summed E-state index contributed by atoms with van der Waals surface area (Å²) in [6.45, 7) is 2.31. The van der Waals surface area contributed by atoms with Gasteiger partial charge < -0.3 is 4.74 Å². The summed E-state index contributed by atoms with van der Waals surface area (Å²) in [5.74, 6) is 0. The van der Waals surface area contributed by atoms with E-state index in [4.69, 9.17) is 4.74 Å². The summed E-state index contributed by atoms with van der Waals surface area (Å²) in [6, 6.07) is 9.90. The second kappa shape index (κ2) is 4.17. The first-order valence-corrected chi connectivity index (χ1v) is 4.96. The molecule has 0 bridgehead atoms. The average molecular weight is 203 g/mol. The minimum absolute atomic E-state index is 0.00917. The van der Waals surface area contributed by atoms with Crippen LogP contribution in [-0.4, -0.2) is 17.6 Å². The summed E-state index contributed by atoms with van der Waals surface area (Å²) in [5, 5.41) is 0. The molecule has 15 heavy (non-hydrogen) atoms. The molecule has 1 atom stereocenters. The Hall–Kier alpha value is -1.77. The third-order valence-electron chi connectivity index (χ3n) is 2.41. The number of nitrogens with zero attached hydrogens (tertiary/aromatic N) is 1. The number of ether oxygens (including phenoxy) is 1. The smallest absolute Gasteiger partial charge is 0.414 e. The van der Waals surface area contributed by atoms with Crippen molar-refractivity contribution < 1.29 is 9.53 Å². The van der Waals surface area contributed by atoms with Crippen LogP contribution >= 0.6 is 0 Å². The Morgan fingerprint density at radius 3 is 2.80 bits per heavy atom. The molecule has 3 heteroatoms. The second-order valence-corrected chi connectivity index (χ2v) is 3.39. The first-order chi connectivity index (χ1) is 7.33. The molecule has 78 valence electrons. The molecule has 1 aliphatic heterocycles. The van der Waals surface area contributed by atoms with Gasteiger partial charge in [0.25, 0.3) is 0 Å². The van der Waals surface area contributed by atoms with E-state index < -0.39 is 0 Å². The van der Waals surface area contributed by atoms with Crippen molar-refractivity contribution >= 4 is 6.09 Å². The number of cyclic esters (lactones) is 1. The van der Waals surface area contributed by atoms with Gasteiger partial charge in [-0.2, -0.15) is 0 Å². The maximum absolute atomic E-state index is 11.4. The van der Waals surface area contributed by atoms with Gasteiger partial charge in [0.1, 0.15) is 6.61 Å². The van der Waals surface area contributed by atoms with E-state index in [0.717, 1.165) is 5.56 Å². The number of carbonyl (C=O) groups is 1. The molecule has 1 aromatic carbocycles. The lowest BCUT2D eigenvalue weighted by molar-refractivity contribution is 0.166. The van der Waals surface area contributed by atoms with Crippen LogP contribution in [0.3, 0.4) is 0 Å². The van der Waals surface area contributed by atoms with Crippen molar-refractivity contribution in [1.29, 1.82) is 0 Å². The van der Waals surface area contributed by atoms with E-state index in [-0.39, 0.29) is 12.1 Å². The summed E-state index contributed by atoms with van der Waals surface area (Å²) in [5.41, 5.74) is 1.10. The van der Waals surface area contributed by atoms with E-state index in [1.165, 1.54) is 0 Å². The Labute approximate surface area is 89.0 Å². The van der Waals surface area contributed by atoms with Crippen molar-refractivity contribution in [3.8, 4) is 0 Å². The molecule has 3 nitrogen and oxygen atoms in total. The van der Waals surface area contributed by atoms with Gasteiger partial charge in [0.05, 0.1) is 6.04 Å². The maximum Gasteiger partial charge on any atom is 0.414 e. The zero-order valence-corrected chi connectivity index (χ0v) is 8.59. The van der Waals surface area contributed by atoms with Crippen LogP contribution in [0.2, 0.25) is 0 Å². The number of carbonyl (C=O) groups excluding carboxylic acids is 1. The molecule has 0 radical (unpaired) electrons. The van der Waals surface area contributed by atoms with E-state index >= 15 is 0 Å². The molecule has 0 spiro atoms. The fourth-order valence-corrected chi connectivity index (χ4v) is 1.69. The van der Waals surface area contributed by atoms with Crippen molar-refractivity contribution in [3.05, 3.63) is 48.2 Å². The lowest BCUT2D eigenvalue weighted by atomic mass is 10.1. The third kappa shape index (κ3) is 1.86. The lowest BCUT2D eigenvalue weighted by Gasteiger charge is -2.17. The molecule has 2 rings (SSSR count). The zero-order valence-electron chi connectivity index (χ0n) is 8.59. The van der Waals surface area contributed by atoms with Crippen LogP contribution in [0.1, 0.15) is 18.5 Å². The number of hydrogen-bond donors (Lipinski definition) is 0. The van der Waals surface area contributed by atoms with Gasteiger partial charge in [-0.1, -0.05) is 36.4 Å². The predicted octanol–water partition coefficient (Wildman–Crippen LogP) is 2.71. The molecule has 1 heterocycles. The van der Waals surface area contributed by atoms with Gasteiger partial charge in [-0.15, -0.1) is 0 Å². The molecule has 0 unspecified atom stereocenters. The quantitative estimate of drug-likeness (QED) is 0.739. The van der Waals surface area contributed by atoms with Gasteiger partial charge in [-0.05, 0) is 12.5 Å². The Balaban J connectivity index is 2.26. The molecule has 1 saturated heterocycles. The molecule has 0 N–H and O–H groups in total. The number of hydrogen-bond acceptors (Lipinski definition) is 2. The van der Waals surface area contributed by atoms with Crippen LogP contribution in [0, 0.1) is 0 Å². The Bertz CT molecular complexity index is 372. The second-order valence-electron chi connectivity index (χ2n) is 3.39. The van der Waals surface area contributed by atoms with Crippen molar-refractivity contribution in [3.63, 3.8) is 0 Å². The number of amides is 1. The van der Waals surface area contributed by atoms with E-state index in [1.807, 2.05) is 43.3 Å². The van der Waals surface area contributed by atoms with Gasteiger partial charge in [0.15, 0.2) is 0 Å². The Morgan fingerprint density at radius 1 is 1.40 bits per heavy atom. The van der Waals surface area contributed by atoms with Crippen molar-refractivity contribution in [2.45, 2.75) is 13.0 Å². The normalized spacial score (nSPS) is 21.0. The Kier molecular flexibility index (Phi) is 2.72. The summed E-state index contributed by atoms with van der Waals surface area (Å²) >= 11 is 0. The highest BCUT2D eigenvalue weighted by Crippen LogP contribution is 2.27. The number of allylic oxidation sites excluding steroid dienone is 1. The number of rotatable bonds is 2. The van der Waals surface area contributed by atoms with Crippen LogP contribution in [0.5, 0.6) is 0 Å². The monoisotopic (exact) mass is 203 g/mol. The van der Waals surface area contributed by atoms with Crippen LogP contribution in [0.4, 0.5) is 4.79 Å². The first-order valence-electron chi connectivity index (χ1n) is 4.96. The molecule has 1 aromatic rings. The fraction of sp³-hybridized carbons (Fsp3) is 0.250. The highest BCUT2D eigenvalue weighted by atomic mass is 16.6. The standard InChI is InChI=1S/C12H13NO2/c1-2-8-13-11(9-15-12(13)14)10-6-4-3-5-7-10/h2-8,11H,9H2,1H3/b8-2+/t11-/m0/s1. The Morgan fingerprint density at radius 2 is 2.13 bits per heavy atom. The molecule has 1 fully saturated rings. The molecule has 1 amide bonds.